The number of benzene rings is 1. The Hall–Kier alpha value is -0.540. The second-order valence-electron chi connectivity index (χ2n) is 4.83. The minimum absolute atomic E-state index is 0.0852. The fraction of sp³-hybridized carbons (Fsp3) is 0.538. The van der Waals surface area contributed by atoms with E-state index in [1.54, 1.807) is 0 Å². The van der Waals surface area contributed by atoms with E-state index in [0.717, 1.165) is 23.1 Å². The summed E-state index contributed by atoms with van der Waals surface area (Å²) in [5, 5.41) is 12.6. The molecule has 0 saturated heterocycles. The third-order valence-electron chi connectivity index (χ3n) is 2.63. The molecule has 0 atom stereocenters. The predicted molar refractivity (Wildman–Crippen MR) is 72.9 cm³/mol. The van der Waals surface area contributed by atoms with Crippen LogP contribution in [0.15, 0.2) is 22.7 Å². The van der Waals surface area contributed by atoms with Gasteiger partial charge in [-0.25, -0.2) is 0 Å². The highest BCUT2D eigenvalue weighted by Crippen LogP contribution is 2.23. The van der Waals surface area contributed by atoms with E-state index in [1.165, 1.54) is 5.56 Å². The highest BCUT2D eigenvalue weighted by molar-refractivity contribution is 9.10. The van der Waals surface area contributed by atoms with E-state index in [0.29, 0.717) is 0 Å². The van der Waals surface area contributed by atoms with E-state index in [-0.39, 0.29) is 12.0 Å². The Morgan fingerprint density at radius 2 is 2.06 bits per heavy atom. The van der Waals surface area contributed by atoms with Gasteiger partial charge in [-0.3, -0.25) is 0 Å². The van der Waals surface area contributed by atoms with Gasteiger partial charge in [0.25, 0.3) is 0 Å². The molecule has 2 nitrogen and oxygen atoms in total. The summed E-state index contributed by atoms with van der Waals surface area (Å²) in [5.41, 5.74) is 2.37. The zero-order valence-electron chi connectivity index (χ0n) is 10.2. The molecular weight excluding hydrogens is 266 g/mol. The van der Waals surface area contributed by atoms with Gasteiger partial charge in [0.1, 0.15) is 0 Å². The van der Waals surface area contributed by atoms with E-state index >= 15 is 0 Å². The van der Waals surface area contributed by atoms with Crippen molar-refractivity contribution in [3.05, 3.63) is 28.2 Å². The molecular formula is C13H20BrNO. The first-order valence-corrected chi connectivity index (χ1v) is 6.41. The van der Waals surface area contributed by atoms with Gasteiger partial charge in [-0.15, -0.1) is 0 Å². The first-order valence-electron chi connectivity index (χ1n) is 5.61. The van der Waals surface area contributed by atoms with Gasteiger partial charge in [0.15, 0.2) is 0 Å². The number of nitrogens with one attached hydrogen (secondary N) is 1. The molecule has 0 radical (unpaired) electrons. The highest BCUT2D eigenvalue weighted by atomic mass is 79.9. The standard InChI is InChI=1S/C13H20BrNO/c1-4-10-7-11(14)5-6-12(10)15-8-13(2,3)9-16/h5-7,15-16H,4,8-9H2,1-3H3. The molecule has 1 aromatic rings. The SMILES string of the molecule is CCc1cc(Br)ccc1NCC(C)(C)CO. The fourth-order valence-corrected chi connectivity index (χ4v) is 1.83. The van der Waals surface area contributed by atoms with E-state index in [4.69, 9.17) is 0 Å². The van der Waals surface area contributed by atoms with Gasteiger partial charge in [0, 0.05) is 28.7 Å². The highest BCUT2D eigenvalue weighted by Gasteiger charge is 2.16. The molecule has 0 fully saturated rings. The molecule has 1 rings (SSSR count). The molecule has 90 valence electrons. The monoisotopic (exact) mass is 285 g/mol. The first-order chi connectivity index (χ1) is 7.48. The average molecular weight is 286 g/mol. The zero-order chi connectivity index (χ0) is 12.2. The van der Waals surface area contributed by atoms with Crippen molar-refractivity contribution >= 4 is 21.6 Å². The van der Waals surface area contributed by atoms with E-state index < -0.39 is 0 Å². The van der Waals surface area contributed by atoms with Gasteiger partial charge >= 0.3 is 0 Å². The number of aryl methyl sites for hydroxylation is 1. The van der Waals surface area contributed by atoms with Gasteiger partial charge < -0.3 is 10.4 Å². The van der Waals surface area contributed by atoms with Crippen LogP contribution in [0.5, 0.6) is 0 Å². The Labute approximate surface area is 106 Å². The van der Waals surface area contributed by atoms with Crippen molar-refractivity contribution in [2.45, 2.75) is 27.2 Å². The Morgan fingerprint density at radius 1 is 1.38 bits per heavy atom. The molecule has 16 heavy (non-hydrogen) atoms. The van der Waals surface area contributed by atoms with Crippen molar-refractivity contribution in [3.8, 4) is 0 Å². The summed E-state index contributed by atoms with van der Waals surface area (Å²) in [6, 6.07) is 6.25. The Bertz CT molecular complexity index is 350. The zero-order valence-corrected chi connectivity index (χ0v) is 11.8. The largest absolute Gasteiger partial charge is 0.396 e. The van der Waals surface area contributed by atoms with Crippen LogP contribution in [0.25, 0.3) is 0 Å². The molecule has 0 spiro atoms. The molecule has 0 saturated carbocycles. The van der Waals surface area contributed by atoms with Gasteiger partial charge in [-0.2, -0.15) is 0 Å². The average Bonchev–Trinajstić information content (AvgIpc) is 2.27. The van der Waals surface area contributed by atoms with Crippen LogP contribution in [0, 0.1) is 5.41 Å². The van der Waals surface area contributed by atoms with Gasteiger partial charge in [0.05, 0.1) is 0 Å². The van der Waals surface area contributed by atoms with Crippen LogP contribution >= 0.6 is 15.9 Å². The summed E-state index contributed by atoms with van der Waals surface area (Å²) < 4.78 is 1.11. The van der Waals surface area contributed by atoms with Crippen LogP contribution in [0.2, 0.25) is 0 Å². The van der Waals surface area contributed by atoms with Gasteiger partial charge in [-0.1, -0.05) is 36.7 Å². The van der Waals surface area contributed by atoms with Gasteiger partial charge in [0.2, 0.25) is 0 Å². The molecule has 0 aliphatic rings. The number of halogens is 1. The lowest BCUT2D eigenvalue weighted by Crippen LogP contribution is -2.27. The maximum absolute atomic E-state index is 9.20. The van der Waals surface area contributed by atoms with Crippen LogP contribution < -0.4 is 5.32 Å². The molecule has 0 aromatic heterocycles. The van der Waals surface area contributed by atoms with E-state index in [2.05, 4.69) is 40.3 Å². The topological polar surface area (TPSA) is 32.3 Å². The number of aliphatic hydroxyl groups is 1. The Morgan fingerprint density at radius 3 is 2.62 bits per heavy atom. The molecule has 0 unspecified atom stereocenters. The van der Waals surface area contributed by atoms with Crippen molar-refractivity contribution in [2.75, 3.05) is 18.5 Å². The fourth-order valence-electron chi connectivity index (χ4n) is 1.42. The second-order valence-corrected chi connectivity index (χ2v) is 5.75. The minimum atomic E-state index is -0.0852. The van der Waals surface area contributed by atoms with Crippen molar-refractivity contribution in [2.24, 2.45) is 5.41 Å². The summed E-state index contributed by atoms with van der Waals surface area (Å²) in [5.74, 6) is 0. The summed E-state index contributed by atoms with van der Waals surface area (Å²) in [7, 11) is 0. The van der Waals surface area contributed by atoms with Crippen LogP contribution in [0.3, 0.4) is 0 Å². The summed E-state index contributed by atoms with van der Waals surface area (Å²) >= 11 is 3.47. The van der Waals surface area contributed by atoms with E-state index in [9.17, 15) is 5.11 Å². The van der Waals surface area contributed by atoms with Crippen LogP contribution in [0.1, 0.15) is 26.3 Å². The summed E-state index contributed by atoms with van der Waals surface area (Å²) in [4.78, 5) is 0. The molecule has 0 heterocycles. The van der Waals surface area contributed by atoms with Crippen molar-refractivity contribution < 1.29 is 5.11 Å². The lowest BCUT2D eigenvalue weighted by atomic mass is 9.94. The number of hydrogen-bond donors (Lipinski definition) is 2. The second kappa shape index (κ2) is 5.69. The normalized spacial score (nSPS) is 11.6. The molecule has 0 aliphatic carbocycles. The number of hydrogen-bond acceptors (Lipinski definition) is 2. The van der Waals surface area contributed by atoms with Crippen molar-refractivity contribution in [1.82, 2.24) is 0 Å². The van der Waals surface area contributed by atoms with E-state index in [1.807, 2.05) is 19.9 Å². The molecule has 0 bridgehead atoms. The minimum Gasteiger partial charge on any atom is -0.396 e. The molecule has 1 aromatic carbocycles. The quantitative estimate of drug-likeness (QED) is 0.869. The number of aliphatic hydroxyl groups excluding tert-OH is 1. The Kier molecular flexibility index (Phi) is 4.81. The third-order valence-corrected chi connectivity index (χ3v) is 3.13. The third kappa shape index (κ3) is 3.80. The summed E-state index contributed by atoms with van der Waals surface area (Å²) in [6.07, 6.45) is 1.00. The maximum atomic E-state index is 9.20. The summed E-state index contributed by atoms with van der Waals surface area (Å²) in [6.45, 7) is 7.20. The lowest BCUT2D eigenvalue weighted by Gasteiger charge is -2.23. The molecule has 0 amide bonds. The lowest BCUT2D eigenvalue weighted by molar-refractivity contribution is 0.171. The van der Waals surface area contributed by atoms with Crippen LogP contribution in [-0.2, 0) is 6.42 Å². The molecule has 3 heteroatoms. The van der Waals surface area contributed by atoms with Crippen LogP contribution in [0.4, 0.5) is 5.69 Å². The first kappa shape index (κ1) is 13.5. The molecule has 2 N–H and O–H groups in total. The predicted octanol–water partition coefficient (Wildman–Crippen LogP) is 3.44. The van der Waals surface area contributed by atoms with Gasteiger partial charge in [-0.05, 0) is 30.2 Å². The number of rotatable bonds is 5. The van der Waals surface area contributed by atoms with Crippen LogP contribution in [-0.4, -0.2) is 18.3 Å². The molecule has 0 aliphatic heterocycles. The maximum Gasteiger partial charge on any atom is 0.0498 e. The Balaban J connectivity index is 2.74. The van der Waals surface area contributed by atoms with Crippen molar-refractivity contribution in [3.63, 3.8) is 0 Å². The number of anilines is 1. The smallest absolute Gasteiger partial charge is 0.0498 e. The van der Waals surface area contributed by atoms with Crippen molar-refractivity contribution in [1.29, 1.82) is 0 Å².